The van der Waals surface area contributed by atoms with Gasteiger partial charge in [-0.25, -0.2) is 0 Å². The van der Waals surface area contributed by atoms with Crippen LogP contribution in [0.25, 0.3) is 0 Å². The summed E-state index contributed by atoms with van der Waals surface area (Å²) in [6.07, 6.45) is 0. The van der Waals surface area contributed by atoms with Crippen LogP contribution in [0.4, 0.5) is 0 Å². The SMILES string of the molecule is CC(C)C(SCC(=O)NC(=O)c1ccccc1Br)C(=O)O. The molecule has 1 aromatic rings. The smallest absolute Gasteiger partial charge is 0.316 e. The summed E-state index contributed by atoms with van der Waals surface area (Å²) in [5.74, 6) is -2.15. The number of carboxylic acid groups (broad SMARTS) is 1. The third kappa shape index (κ3) is 5.51. The number of thioether (sulfide) groups is 1. The van der Waals surface area contributed by atoms with E-state index in [1.807, 2.05) is 0 Å². The fourth-order valence-electron chi connectivity index (χ4n) is 1.59. The first-order valence-corrected chi connectivity index (χ1v) is 8.10. The molecule has 0 spiro atoms. The Kier molecular flexibility index (Phi) is 6.91. The van der Waals surface area contributed by atoms with Crippen LogP contribution in [0.3, 0.4) is 0 Å². The van der Waals surface area contributed by atoms with Gasteiger partial charge in [0.25, 0.3) is 5.91 Å². The first kappa shape index (κ1) is 17.7. The minimum atomic E-state index is -0.958. The zero-order chi connectivity index (χ0) is 16.0. The third-order valence-corrected chi connectivity index (χ3v) is 4.84. The number of hydrogen-bond donors (Lipinski definition) is 2. The molecule has 5 nitrogen and oxygen atoms in total. The first-order valence-electron chi connectivity index (χ1n) is 6.26. The van der Waals surface area contributed by atoms with Crippen molar-refractivity contribution >= 4 is 45.5 Å². The van der Waals surface area contributed by atoms with Gasteiger partial charge in [-0.05, 0) is 34.0 Å². The van der Waals surface area contributed by atoms with Crippen molar-refractivity contribution in [3.8, 4) is 0 Å². The van der Waals surface area contributed by atoms with Gasteiger partial charge >= 0.3 is 5.97 Å². The number of hydrogen-bond acceptors (Lipinski definition) is 4. The monoisotopic (exact) mass is 373 g/mol. The number of halogens is 1. The Bertz CT molecular complexity index is 548. The van der Waals surface area contributed by atoms with Gasteiger partial charge in [0.1, 0.15) is 5.25 Å². The van der Waals surface area contributed by atoms with E-state index in [9.17, 15) is 14.4 Å². The molecule has 0 aliphatic heterocycles. The summed E-state index contributed by atoms with van der Waals surface area (Å²) < 4.78 is 0.591. The van der Waals surface area contributed by atoms with E-state index in [1.165, 1.54) is 0 Å². The molecular weight excluding hydrogens is 358 g/mol. The summed E-state index contributed by atoms with van der Waals surface area (Å²) in [5, 5.41) is 10.6. The van der Waals surface area contributed by atoms with Crippen LogP contribution >= 0.6 is 27.7 Å². The molecule has 0 aliphatic carbocycles. The number of amides is 2. The van der Waals surface area contributed by atoms with Crippen LogP contribution in [0.15, 0.2) is 28.7 Å². The number of nitrogens with one attached hydrogen (secondary N) is 1. The van der Waals surface area contributed by atoms with Crippen molar-refractivity contribution in [3.05, 3.63) is 34.3 Å². The van der Waals surface area contributed by atoms with Gasteiger partial charge in [-0.2, -0.15) is 0 Å². The summed E-state index contributed by atoms with van der Waals surface area (Å²) in [5.41, 5.74) is 0.356. The highest BCUT2D eigenvalue weighted by atomic mass is 79.9. The summed E-state index contributed by atoms with van der Waals surface area (Å²) in [6, 6.07) is 6.75. The van der Waals surface area contributed by atoms with Gasteiger partial charge in [0.15, 0.2) is 0 Å². The molecule has 1 aromatic carbocycles. The predicted molar refractivity (Wildman–Crippen MR) is 85.3 cm³/mol. The maximum Gasteiger partial charge on any atom is 0.316 e. The van der Waals surface area contributed by atoms with Crippen LogP contribution in [0.1, 0.15) is 24.2 Å². The molecule has 0 bridgehead atoms. The van der Waals surface area contributed by atoms with Crippen LogP contribution in [0.5, 0.6) is 0 Å². The molecule has 7 heteroatoms. The molecule has 0 saturated carbocycles. The lowest BCUT2D eigenvalue weighted by molar-refractivity contribution is -0.137. The molecule has 1 rings (SSSR count). The number of rotatable bonds is 6. The third-order valence-electron chi connectivity index (χ3n) is 2.61. The quantitative estimate of drug-likeness (QED) is 0.800. The van der Waals surface area contributed by atoms with Crippen molar-refractivity contribution in [1.82, 2.24) is 5.32 Å². The van der Waals surface area contributed by atoms with Crippen LogP contribution in [0.2, 0.25) is 0 Å². The lowest BCUT2D eigenvalue weighted by Gasteiger charge is -2.15. The number of benzene rings is 1. The number of carbonyl (C=O) groups is 3. The first-order chi connectivity index (χ1) is 9.82. The van der Waals surface area contributed by atoms with Gasteiger partial charge in [0.2, 0.25) is 5.91 Å². The topological polar surface area (TPSA) is 83.5 Å². The van der Waals surface area contributed by atoms with Gasteiger partial charge in [-0.1, -0.05) is 26.0 Å². The second-order valence-electron chi connectivity index (χ2n) is 4.67. The van der Waals surface area contributed by atoms with Gasteiger partial charge < -0.3 is 5.11 Å². The van der Waals surface area contributed by atoms with E-state index in [0.717, 1.165) is 11.8 Å². The highest BCUT2D eigenvalue weighted by Gasteiger charge is 2.23. The predicted octanol–water partition coefficient (Wildman–Crippen LogP) is 2.55. The van der Waals surface area contributed by atoms with Gasteiger partial charge in [0.05, 0.1) is 11.3 Å². The lowest BCUT2D eigenvalue weighted by Crippen LogP contribution is -2.33. The summed E-state index contributed by atoms with van der Waals surface area (Å²) >= 11 is 4.24. The van der Waals surface area contributed by atoms with Crippen molar-refractivity contribution in [2.45, 2.75) is 19.1 Å². The Balaban J connectivity index is 2.56. The molecule has 0 aromatic heterocycles. The fourth-order valence-corrected chi connectivity index (χ4v) is 2.99. The van der Waals surface area contributed by atoms with Gasteiger partial charge in [-0.15, -0.1) is 11.8 Å². The molecule has 1 unspecified atom stereocenters. The molecule has 114 valence electrons. The zero-order valence-electron chi connectivity index (χ0n) is 11.6. The lowest BCUT2D eigenvalue weighted by atomic mass is 10.1. The number of aliphatic carboxylic acids is 1. The Morgan fingerprint density at radius 1 is 1.29 bits per heavy atom. The normalized spacial score (nSPS) is 12.0. The van der Waals surface area contributed by atoms with Gasteiger partial charge in [-0.3, -0.25) is 19.7 Å². The zero-order valence-corrected chi connectivity index (χ0v) is 14.0. The maximum absolute atomic E-state index is 11.9. The molecule has 0 heterocycles. The number of carboxylic acids is 1. The van der Waals surface area contributed by atoms with Gasteiger partial charge in [0, 0.05) is 4.47 Å². The van der Waals surface area contributed by atoms with E-state index in [2.05, 4.69) is 21.2 Å². The van der Waals surface area contributed by atoms with E-state index in [-0.39, 0.29) is 11.7 Å². The van der Waals surface area contributed by atoms with E-state index in [4.69, 9.17) is 5.11 Å². The van der Waals surface area contributed by atoms with E-state index >= 15 is 0 Å². The van der Waals surface area contributed by atoms with Crippen molar-refractivity contribution < 1.29 is 19.5 Å². The Hall–Kier alpha value is -1.34. The maximum atomic E-state index is 11.9. The largest absolute Gasteiger partial charge is 0.480 e. The summed E-state index contributed by atoms with van der Waals surface area (Å²) in [7, 11) is 0. The average molecular weight is 374 g/mol. The van der Waals surface area contributed by atoms with Crippen LogP contribution in [0, 0.1) is 5.92 Å². The van der Waals surface area contributed by atoms with E-state index < -0.39 is 23.0 Å². The fraction of sp³-hybridized carbons (Fsp3) is 0.357. The van der Waals surface area contributed by atoms with Crippen molar-refractivity contribution in [1.29, 1.82) is 0 Å². The van der Waals surface area contributed by atoms with Crippen LogP contribution in [-0.2, 0) is 9.59 Å². The van der Waals surface area contributed by atoms with E-state index in [0.29, 0.717) is 10.0 Å². The Morgan fingerprint density at radius 2 is 1.90 bits per heavy atom. The summed E-state index contributed by atoms with van der Waals surface area (Å²) in [6.45, 7) is 3.55. The molecule has 2 N–H and O–H groups in total. The number of imide groups is 1. The Morgan fingerprint density at radius 3 is 2.43 bits per heavy atom. The molecular formula is C14H16BrNO4S. The minimum absolute atomic E-state index is 0.0780. The molecule has 21 heavy (non-hydrogen) atoms. The highest BCUT2D eigenvalue weighted by molar-refractivity contribution is 9.10. The van der Waals surface area contributed by atoms with Crippen LogP contribution < -0.4 is 5.32 Å². The standard InChI is InChI=1S/C14H16BrNO4S/c1-8(2)12(14(19)20)21-7-11(17)16-13(18)9-5-3-4-6-10(9)15/h3-6,8,12H,7H2,1-2H3,(H,19,20)(H,16,17,18). The van der Waals surface area contributed by atoms with Crippen molar-refractivity contribution in [2.75, 3.05) is 5.75 Å². The van der Waals surface area contributed by atoms with Crippen molar-refractivity contribution in [3.63, 3.8) is 0 Å². The second-order valence-corrected chi connectivity index (χ2v) is 6.66. The van der Waals surface area contributed by atoms with E-state index in [1.54, 1.807) is 38.1 Å². The summed E-state index contributed by atoms with van der Waals surface area (Å²) in [4.78, 5) is 34.6. The minimum Gasteiger partial charge on any atom is -0.480 e. The number of carbonyl (C=O) groups excluding carboxylic acids is 2. The molecule has 0 radical (unpaired) electrons. The van der Waals surface area contributed by atoms with Crippen LogP contribution in [-0.4, -0.2) is 33.9 Å². The molecule has 0 saturated heterocycles. The second kappa shape index (κ2) is 8.19. The molecule has 1 atom stereocenters. The Labute approximate surface area is 135 Å². The highest BCUT2D eigenvalue weighted by Crippen LogP contribution is 2.20. The molecule has 0 aliphatic rings. The molecule has 2 amide bonds. The van der Waals surface area contributed by atoms with Crippen molar-refractivity contribution in [2.24, 2.45) is 5.92 Å². The average Bonchev–Trinajstić information content (AvgIpc) is 2.38. The molecule has 0 fully saturated rings.